The minimum atomic E-state index is -0.998. The number of ketones is 1. The van der Waals surface area contributed by atoms with Crippen molar-refractivity contribution < 1.29 is 28.6 Å². The Balaban J connectivity index is 2.01. The Morgan fingerprint density at radius 2 is 1.75 bits per heavy atom. The highest BCUT2D eigenvalue weighted by Crippen LogP contribution is 2.35. The molecule has 3 rings (SSSR count). The molecule has 1 heterocycles. The lowest BCUT2D eigenvalue weighted by Gasteiger charge is -2.04. The highest BCUT2D eigenvalue weighted by atomic mass is 32.1. The molecule has 1 aromatic heterocycles. The molecule has 0 bridgehead atoms. The van der Waals surface area contributed by atoms with E-state index in [0.717, 1.165) is 11.6 Å². The Kier molecular flexibility index (Phi) is 5.75. The summed E-state index contributed by atoms with van der Waals surface area (Å²) in [4.78, 5) is 25.1. The van der Waals surface area contributed by atoms with Gasteiger partial charge < -0.3 is 14.6 Å². The summed E-state index contributed by atoms with van der Waals surface area (Å²) in [5.74, 6) is -1.29. The normalized spacial score (nSPS) is 10.5. The van der Waals surface area contributed by atoms with Gasteiger partial charge in [-0.1, -0.05) is 0 Å². The second-order valence-electron chi connectivity index (χ2n) is 5.94. The van der Waals surface area contributed by atoms with Crippen LogP contribution in [-0.4, -0.2) is 31.1 Å². The van der Waals surface area contributed by atoms with E-state index in [0.29, 0.717) is 21.1 Å². The second-order valence-corrected chi connectivity index (χ2v) is 6.99. The number of benzene rings is 2. The Bertz CT molecular complexity index is 1020. The Morgan fingerprint density at radius 1 is 1.04 bits per heavy atom. The van der Waals surface area contributed by atoms with E-state index in [1.54, 1.807) is 37.4 Å². The van der Waals surface area contributed by atoms with Crippen LogP contribution in [0.5, 0.6) is 11.5 Å². The lowest BCUT2D eigenvalue weighted by Crippen LogP contribution is -2.01. The fraction of sp³-hybridized carbons (Fsp3) is 0.143. The average Bonchev–Trinajstić information content (AvgIpc) is 3.10. The maximum atomic E-state index is 14.0. The van der Waals surface area contributed by atoms with Crippen LogP contribution in [-0.2, 0) is 11.2 Å². The van der Waals surface area contributed by atoms with Crippen molar-refractivity contribution in [3.63, 3.8) is 0 Å². The lowest BCUT2D eigenvalue weighted by molar-refractivity contribution is -0.136. The molecular weight excluding hydrogens is 383 g/mol. The van der Waals surface area contributed by atoms with E-state index in [1.807, 2.05) is 0 Å². The van der Waals surface area contributed by atoms with Gasteiger partial charge in [0.1, 0.15) is 5.75 Å². The summed E-state index contributed by atoms with van der Waals surface area (Å²) in [6, 6.07) is 12.7. The van der Waals surface area contributed by atoms with Crippen molar-refractivity contribution in [2.75, 3.05) is 14.2 Å². The molecule has 0 unspecified atom stereocenters. The van der Waals surface area contributed by atoms with Crippen LogP contribution in [0.3, 0.4) is 0 Å². The molecule has 5 nitrogen and oxygen atoms in total. The van der Waals surface area contributed by atoms with Crippen LogP contribution in [0.2, 0.25) is 0 Å². The summed E-state index contributed by atoms with van der Waals surface area (Å²) in [5.41, 5.74) is 1.48. The van der Waals surface area contributed by atoms with Crippen molar-refractivity contribution in [3.8, 4) is 21.9 Å². The fourth-order valence-corrected chi connectivity index (χ4v) is 3.92. The molecule has 0 saturated heterocycles. The van der Waals surface area contributed by atoms with Crippen LogP contribution < -0.4 is 9.47 Å². The van der Waals surface area contributed by atoms with Gasteiger partial charge in [-0.3, -0.25) is 9.59 Å². The quantitative estimate of drug-likeness (QED) is 0.594. The van der Waals surface area contributed by atoms with Crippen molar-refractivity contribution in [1.29, 1.82) is 0 Å². The number of carboxylic acid groups (broad SMARTS) is 1. The average molecular weight is 400 g/mol. The zero-order valence-corrected chi connectivity index (χ0v) is 16.0. The summed E-state index contributed by atoms with van der Waals surface area (Å²) in [7, 11) is 2.90. The lowest BCUT2D eigenvalue weighted by atomic mass is 10.0. The number of carbonyl (C=O) groups is 2. The van der Waals surface area contributed by atoms with Gasteiger partial charge in [-0.2, -0.15) is 0 Å². The summed E-state index contributed by atoms with van der Waals surface area (Å²) in [6.07, 6.45) is -0.220. The van der Waals surface area contributed by atoms with Gasteiger partial charge in [-0.05, 0) is 59.7 Å². The van der Waals surface area contributed by atoms with Gasteiger partial charge in [-0.15, -0.1) is 11.3 Å². The third-order valence-corrected chi connectivity index (χ3v) is 5.37. The molecule has 0 atom stereocenters. The monoisotopic (exact) mass is 400 g/mol. The first kappa shape index (κ1) is 19.6. The first-order valence-corrected chi connectivity index (χ1v) is 9.11. The zero-order valence-electron chi connectivity index (χ0n) is 15.2. The molecule has 0 aliphatic heterocycles. The zero-order chi connectivity index (χ0) is 20.3. The Morgan fingerprint density at radius 3 is 2.32 bits per heavy atom. The van der Waals surface area contributed by atoms with Gasteiger partial charge in [-0.25, -0.2) is 4.39 Å². The van der Waals surface area contributed by atoms with Crippen molar-refractivity contribution in [3.05, 3.63) is 70.4 Å². The maximum absolute atomic E-state index is 14.0. The van der Waals surface area contributed by atoms with Crippen molar-refractivity contribution in [2.45, 2.75) is 6.42 Å². The van der Waals surface area contributed by atoms with Gasteiger partial charge in [0, 0.05) is 10.4 Å². The molecule has 0 amide bonds. The molecule has 0 radical (unpaired) electrons. The number of aliphatic carboxylic acids is 1. The number of rotatable bonds is 7. The minimum Gasteiger partial charge on any atom is -0.497 e. The molecule has 0 aliphatic rings. The Labute approximate surface area is 165 Å². The van der Waals surface area contributed by atoms with E-state index >= 15 is 0 Å². The summed E-state index contributed by atoms with van der Waals surface area (Å²) in [5, 5.41) is 9.22. The van der Waals surface area contributed by atoms with Gasteiger partial charge >= 0.3 is 5.97 Å². The summed E-state index contributed by atoms with van der Waals surface area (Å²) >= 11 is 1.18. The number of carboxylic acids is 1. The topological polar surface area (TPSA) is 72.8 Å². The van der Waals surface area contributed by atoms with Crippen LogP contribution in [0.1, 0.15) is 20.8 Å². The van der Waals surface area contributed by atoms with E-state index < -0.39 is 11.8 Å². The molecule has 2 aromatic carbocycles. The van der Waals surface area contributed by atoms with Crippen molar-refractivity contribution >= 4 is 23.1 Å². The van der Waals surface area contributed by atoms with Crippen molar-refractivity contribution in [1.82, 2.24) is 0 Å². The predicted molar refractivity (Wildman–Crippen MR) is 104 cm³/mol. The van der Waals surface area contributed by atoms with E-state index in [2.05, 4.69) is 0 Å². The smallest absolute Gasteiger partial charge is 0.307 e. The molecule has 0 spiro atoms. The third-order valence-electron chi connectivity index (χ3n) is 4.14. The first-order chi connectivity index (χ1) is 13.4. The number of carbonyl (C=O) groups excluding carboxylic acids is 1. The molecule has 0 saturated carbocycles. The number of methoxy groups -OCH3 is 2. The van der Waals surface area contributed by atoms with Crippen LogP contribution in [0, 0.1) is 5.82 Å². The van der Waals surface area contributed by atoms with Gasteiger partial charge in [0.25, 0.3) is 0 Å². The molecular formula is C21H17FO5S. The van der Waals surface area contributed by atoms with Crippen LogP contribution >= 0.6 is 11.3 Å². The van der Waals surface area contributed by atoms with Crippen molar-refractivity contribution in [2.24, 2.45) is 0 Å². The molecule has 144 valence electrons. The van der Waals surface area contributed by atoms with Crippen LogP contribution in [0.4, 0.5) is 4.39 Å². The number of halogens is 1. The number of thiophene rings is 1. The van der Waals surface area contributed by atoms with E-state index in [1.165, 1.54) is 30.6 Å². The van der Waals surface area contributed by atoms with E-state index in [-0.39, 0.29) is 23.5 Å². The standard InChI is InChI=1S/C21H17FO5S/c1-26-15-6-3-12(4-7-15)21-14(11-19(23)24)10-18(28-21)20(25)13-5-8-17(27-2)16(22)9-13/h3-10H,11H2,1-2H3,(H,23,24). The van der Waals surface area contributed by atoms with Crippen LogP contribution in [0.15, 0.2) is 48.5 Å². The molecule has 0 aliphatic carbocycles. The summed E-state index contributed by atoms with van der Waals surface area (Å²) < 4.78 is 24.0. The molecule has 1 N–H and O–H groups in total. The minimum absolute atomic E-state index is 0.0493. The van der Waals surface area contributed by atoms with Gasteiger partial charge in [0.15, 0.2) is 11.6 Å². The SMILES string of the molecule is COc1ccc(-c2sc(C(=O)c3ccc(OC)c(F)c3)cc2CC(=O)O)cc1. The highest BCUT2D eigenvalue weighted by Gasteiger charge is 2.20. The van der Waals surface area contributed by atoms with E-state index in [4.69, 9.17) is 9.47 Å². The van der Waals surface area contributed by atoms with Gasteiger partial charge in [0.05, 0.1) is 25.5 Å². The first-order valence-electron chi connectivity index (χ1n) is 8.30. The molecule has 28 heavy (non-hydrogen) atoms. The highest BCUT2D eigenvalue weighted by molar-refractivity contribution is 7.17. The fourth-order valence-electron chi connectivity index (χ4n) is 2.77. The largest absolute Gasteiger partial charge is 0.497 e. The number of hydrogen-bond acceptors (Lipinski definition) is 5. The Hall–Kier alpha value is -3.19. The second kappa shape index (κ2) is 8.22. The molecule has 0 fully saturated rings. The van der Waals surface area contributed by atoms with E-state index in [9.17, 15) is 19.1 Å². The maximum Gasteiger partial charge on any atom is 0.307 e. The number of hydrogen-bond donors (Lipinski definition) is 1. The molecule has 7 heteroatoms. The third kappa shape index (κ3) is 4.04. The summed E-state index contributed by atoms with van der Waals surface area (Å²) in [6.45, 7) is 0. The predicted octanol–water partition coefficient (Wildman–Crippen LogP) is 4.43. The van der Waals surface area contributed by atoms with Gasteiger partial charge in [0.2, 0.25) is 5.78 Å². The van der Waals surface area contributed by atoms with Crippen LogP contribution in [0.25, 0.3) is 10.4 Å². The number of ether oxygens (including phenoxy) is 2. The molecule has 3 aromatic rings.